The molecule has 0 saturated carbocycles. The summed E-state index contributed by atoms with van der Waals surface area (Å²) in [6.07, 6.45) is 0. The van der Waals surface area contributed by atoms with E-state index in [1.165, 1.54) is 23.5 Å². The zero-order chi connectivity index (χ0) is 13.9. The van der Waals surface area contributed by atoms with E-state index < -0.39 is 11.7 Å². The zero-order valence-electron chi connectivity index (χ0n) is 10.5. The SMILES string of the molecule is O=C(NCc1nc2ccccc2s1)c1ccccc1F. The molecule has 1 heterocycles. The molecule has 0 spiro atoms. The van der Waals surface area contributed by atoms with Crippen molar-refractivity contribution in [1.82, 2.24) is 10.3 Å². The minimum absolute atomic E-state index is 0.0496. The van der Waals surface area contributed by atoms with Gasteiger partial charge >= 0.3 is 0 Å². The molecule has 0 unspecified atom stereocenters. The number of hydrogen-bond donors (Lipinski definition) is 1. The topological polar surface area (TPSA) is 42.0 Å². The van der Waals surface area contributed by atoms with E-state index in [0.29, 0.717) is 6.54 Å². The number of halogens is 1. The van der Waals surface area contributed by atoms with Crippen LogP contribution in [0, 0.1) is 5.82 Å². The highest BCUT2D eigenvalue weighted by Gasteiger charge is 2.11. The van der Waals surface area contributed by atoms with Crippen LogP contribution in [0.1, 0.15) is 15.4 Å². The number of carbonyl (C=O) groups is 1. The molecule has 3 nitrogen and oxygen atoms in total. The molecule has 1 amide bonds. The minimum Gasteiger partial charge on any atom is -0.345 e. The van der Waals surface area contributed by atoms with Crippen molar-refractivity contribution in [2.75, 3.05) is 0 Å². The minimum atomic E-state index is -0.519. The van der Waals surface area contributed by atoms with Crippen molar-refractivity contribution in [1.29, 1.82) is 0 Å². The van der Waals surface area contributed by atoms with Gasteiger partial charge in [-0.15, -0.1) is 11.3 Å². The van der Waals surface area contributed by atoms with Gasteiger partial charge in [0, 0.05) is 0 Å². The van der Waals surface area contributed by atoms with Gasteiger partial charge < -0.3 is 5.32 Å². The lowest BCUT2D eigenvalue weighted by Crippen LogP contribution is -2.23. The van der Waals surface area contributed by atoms with Crippen LogP contribution in [0.3, 0.4) is 0 Å². The Bertz CT molecular complexity index is 736. The summed E-state index contributed by atoms with van der Waals surface area (Å²) in [5, 5.41) is 3.49. The molecule has 20 heavy (non-hydrogen) atoms. The maximum atomic E-state index is 13.5. The number of thiazole rings is 1. The molecule has 3 rings (SSSR count). The van der Waals surface area contributed by atoms with Crippen LogP contribution in [0.25, 0.3) is 10.2 Å². The lowest BCUT2D eigenvalue weighted by molar-refractivity contribution is 0.0947. The lowest BCUT2D eigenvalue weighted by atomic mass is 10.2. The number of carbonyl (C=O) groups excluding carboxylic acids is 1. The number of hydrogen-bond acceptors (Lipinski definition) is 3. The fourth-order valence-electron chi connectivity index (χ4n) is 1.89. The molecule has 0 radical (unpaired) electrons. The number of fused-ring (bicyclic) bond motifs is 1. The van der Waals surface area contributed by atoms with Gasteiger partial charge in [-0.05, 0) is 24.3 Å². The van der Waals surface area contributed by atoms with Gasteiger partial charge in [-0.2, -0.15) is 0 Å². The maximum absolute atomic E-state index is 13.5. The van der Waals surface area contributed by atoms with Crippen molar-refractivity contribution in [2.24, 2.45) is 0 Å². The van der Waals surface area contributed by atoms with Crippen LogP contribution in [-0.4, -0.2) is 10.9 Å². The predicted molar refractivity (Wildman–Crippen MR) is 77.2 cm³/mol. The molecule has 100 valence electrons. The van der Waals surface area contributed by atoms with Crippen LogP contribution in [-0.2, 0) is 6.54 Å². The van der Waals surface area contributed by atoms with Crippen molar-refractivity contribution >= 4 is 27.5 Å². The highest BCUT2D eigenvalue weighted by Crippen LogP contribution is 2.21. The van der Waals surface area contributed by atoms with Crippen molar-refractivity contribution < 1.29 is 9.18 Å². The second-order valence-corrected chi connectivity index (χ2v) is 5.35. The number of nitrogens with one attached hydrogen (secondary N) is 1. The molecule has 0 atom stereocenters. The summed E-state index contributed by atoms with van der Waals surface area (Å²) in [7, 11) is 0. The number of amides is 1. The molecule has 0 aliphatic carbocycles. The van der Waals surface area contributed by atoms with Gasteiger partial charge in [-0.25, -0.2) is 9.37 Å². The van der Waals surface area contributed by atoms with Crippen LogP contribution in [0.15, 0.2) is 48.5 Å². The van der Waals surface area contributed by atoms with Gasteiger partial charge in [0.1, 0.15) is 10.8 Å². The Hall–Kier alpha value is -2.27. The summed E-state index contributed by atoms with van der Waals surface area (Å²) in [6, 6.07) is 13.7. The van der Waals surface area contributed by atoms with Gasteiger partial charge in [0.2, 0.25) is 0 Å². The molecular weight excluding hydrogens is 275 g/mol. The van der Waals surface area contributed by atoms with Gasteiger partial charge in [-0.1, -0.05) is 24.3 Å². The normalized spacial score (nSPS) is 10.7. The molecule has 3 aromatic rings. The summed E-state index contributed by atoms with van der Waals surface area (Å²) < 4.78 is 14.5. The maximum Gasteiger partial charge on any atom is 0.254 e. The first-order valence-corrected chi connectivity index (χ1v) is 6.93. The number of benzene rings is 2. The molecule has 0 aliphatic rings. The number of aromatic nitrogens is 1. The highest BCUT2D eigenvalue weighted by molar-refractivity contribution is 7.18. The van der Waals surface area contributed by atoms with Crippen molar-refractivity contribution in [3.05, 3.63) is 64.9 Å². The Balaban J connectivity index is 1.73. The summed E-state index contributed by atoms with van der Waals surface area (Å²) in [5.74, 6) is -0.948. The monoisotopic (exact) mass is 286 g/mol. The Kier molecular flexibility index (Phi) is 3.43. The van der Waals surface area contributed by atoms with Crippen LogP contribution in [0.2, 0.25) is 0 Å². The van der Waals surface area contributed by atoms with Crippen LogP contribution >= 0.6 is 11.3 Å². The van der Waals surface area contributed by atoms with E-state index in [0.717, 1.165) is 15.2 Å². The summed E-state index contributed by atoms with van der Waals surface area (Å²) in [4.78, 5) is 16.3. The molecule has 1 N–H and O–H groups in total. The fourth-order valence-corrected chi connectivity index (χ4v) is 2.80. The van der Waals surface area contributed by atoms with E-state index in [2.05, 4.69) is 10.3 Å². The van der Waals surface area contributed by atoms with Gasteiger partial charge in [-0.3, -0.25) is 4.79 Å². The van der Waals surface area contributed by atoms with E-state index in [1.54, 1.807) is 12.1 Å². The van der Waals surface area contributed by atoms with E-state index in [-0.39, 0.29) is 5.56 Å². The second-order valence-electron chi connectivity index (χ2n) is 4.24. The summed E-state index contributed by atoms with van der Waals surface area (Å²) in [5.41, 5.74) is 0.959. The molecule has 0 saturated heterocycles. The largest absolute Gasteiger partial charge is 0.345 e. The smallest absolute Gasteiger partial charge is 0.254 e. The number of nitrogens with zero attached hydrogens (tertiary/aromatic N) is 1. The fraction of sp³-hybridized carbons (Fsp3) is 0.0667. The van der Waals surface area contributed by atoms with Gasteiger partial charge in [0.25, 0.3) is 5.91 Å². The van der Waals surface area contributed by atoms with Gasteiger partial charge in [0.15, 0.2) is 0 Å². The Morgan fingerprint density at radius 1 is 1.15 bits per heavy atom. The molecular formula is C15H11FN2OS. The molecule has 0 fully saturated rings. The molecule has 0 aliphatic heterocycles. The third-order valence-electron chi connectivity index (χ3n) is 2.86. The first-order valence-electron chi connectivity index (χ1n) is 6.11. The van der Waals surface area contributed by atoms with Crippen LogP contribution < -0.4 is 5.32 Å². The molecule has 5 heteroatoms. The highest BCUT2D eigenvalue weighted by atomic mass is 32.1. The molecule has 1 aromatic heterocycles. The standard InChI is InChI=1S/C15H11FN2OS/c16-11-6-2-1-5-10(11)15(19)17-9-14-18-12-7-3-4-8-13(12)20-14/h1-8H,9H2,(H,17,19). The first kappa shape index (κ1) is 12.7. The lowest BCUT2D eigenvalue weighted by Gasteiger charge is -2.03. The third-order valence-corrected chi connectivity index (χ3v) is 3.89. The third kappa shape index (κ3) is 2.53. The van der Waals surface area contributed by atoms with E-state index in [4.69, 9.17) is 0 Å². The van der Waals surface area contributed by atoms with Crippen molar-refractivity contribution in [2.45, 2.75) is 6.54 Å². The van der Waals surface area contributed by atoms with E-state index >= 15 is 0 Å². The summed E-state index contributed by atoms with van der Waals surface area (Å²) in [6.45, 7) is 0.298. The van der Waals surface area contributed by atoms with Crippen LogP contribution in [0.5, 0.6) is 0 Å². The Labute approximate surface area is 119 Å². The average Bonchev–Trinajstić information content (AvgIpc) is 2.88. The predicted octanol–water partition coefficient (Wildman–Crippen LogP) is 3.37. The van der Waals surface area contributed by atoms with Gasteiger partial charge in [0.05, 0.1) is 22.3 Å². The zero-order valence-corrected chi connectivity index (χ0v) is 11.3. The van der Waals surface area contributed by atoms with Crippen molar-refractivity contribution in [3.8, 4) is 0 Å². The average molecular weight is 286 g/mol. The Morgan fingerprint density at radius 3 is 2.70 bits per heavy atom. The molecule has 2 aromatic carbocycles. The molecule has 0 bridgehead atoms. The number of para-hydroxylation sites is 1. The van der Waals surface area contributed by atoms with E-state index in [1.807, 2.05) is 24.3 Å². The van der Waals surface area contributed by atoms with Crippen molar-refractivity contribution in [3.63, 3.8) is 0 Å². The number of rotatable bonds is 3. The quantitative estimate of drug-likeness (QED) is 0.802. The summed E-state index contributed by atoms with van der Waals surface area (Å²) >= 11 is 1.52. The first-order chi connectivity index (χ1) is 9.74. The van der Waals surface area contributed by atoms with E-state index in [9.17, 15) is 9.18 Å². The van der Waals surface area contributed by atoms with Crippen LogP contribution in [0.4, 0.5) is 4.39 Å². The Morgan fingerprint density at radius 2 is 1.90 bits per heavy atom. The second kappa shape index (κ2) is 5.38.